The van der Waals surface area contributed by atoms with Crippen molar-refractivity contribution >= 4 is 16.8 Å². The largest absolute Gasteiger partial charge is 0.361 e. The highest BCUT2D eigenvalue weighted by molar-refractivity contribution is 5.83. The molecule has 1 N–H and O–H groups in total. The molecule has 16 heavy (non-hydrogen) atoms. The molecular weight excluding hydrogens is 200 g/mol. The predicted molar refractivity (Wildman–Crippen MR) is 65.1 cm³/mol. The molecule has 2 rings (SSSR count). The number of benzene rings is 1. The number of aromatic nitrogens is 1. The zero-order valence-corrected chi connectivity index (χ0v) is 9.66. The number of carbonyl (C=O) groups is 1. The second kappa shape index (κ2) is 4.39. The van der Waals surface area contributed by atoms with Gasteiger partial charge in [0.15, 0.2) is 0 Å². The number of hydrogen-bond donors (Lipinski definition) is 1. The van der Waals surface area contributed by atoms with Gasteiger partial charge < -0.3 is 9.88 Å². The number of nitrogens with one attached hydrogen (secondary N) is 1. The molecule has 0 unspecified atom stereocenters. The topological polar surface area (TPSA) is 36.1 Å². The lowest BCUT2D eigenvalue weighted by atomic mass is 10.1. The molecule has 0 bridgehead atoms. The lowest BCUT2D eigenvalue weighted by molar-refractivity contribution is -0.129. The van der Waals surface area contributed by atoms with E-state index in [-0.39, 0.29) is 5.91 Å². The number of rotatable bonds is 3. The molecular formula is C13H16N2O. The third kappa shape index (κ3) is 1.94. The van der Waals surface area contributed by atoms with Crippen molar-refractivity contribution < 1.29 is 4.79 Å². The van der Waals surface area contributed by atoms with Crippen LogP contribution < -0.4 is 0 Å². The number of H-pyrrole nitrogens is 1. The fraction of sp³-hybridized carbons (Fsp3) is 0.308. The third-order valence-electron chi connectivity index (χ3n) is 2.86. The van der Waals surface area contributed by atoms with Gasteiger partial charge in [-0.15, -0.1) is 0 Å². The summed E-state index contributed by atoms with van der Waals surface area (Å²) in [7, 11) is 0. The Morgan fingerprint density at radius 3 is 2.88 bits per heavy atom. The van der Waals surface area contributed by atoms with Crippen LogP contribution in [0.4, 0.5) is 0 Å². The summed E-state index contributed by atoms with van der Waals surface area (Å²) in [4.78, 5) is 16.4. The van der Waals surface area contributed by atoms with Gasteiger partial charge in [-0.25, -0.2) is 0 Å². The van der Waals surface area contributed by atoms with Crippen LogP contribution in [-0.2, 0) is 11.3 Å². The van der Waals surface area contributed by atoms with E-state index in [1.54, 1.807) is 6.92 Å². The molecule has 0 aliphatic rings. The van der Waals surface area contributed by atoms with Gasteiger partial charge in [0, 0.05) is 26.2 Å². The Bertz CT molecular complexity index is 501. The maximum Gasteiger partial charge on any atom is 0.219 e. The van der Waals surface area contributed by atoms with Gasteiger partial charge in [-0.2, -0.15) is 0 Å². The highest BCUT2D eigenvalue weighted by Gasteiger charge is 2.09. The predicted octanol–water partition coefficient (Wildman–Crippen LogP) is 2.54. The lowest BCUT2D eigenvalue weighted by Gasteiger charge is -2.19. The monoisotopic (exact) mass is 216 g/mol. The first-order valence-electron chi connectivity index (χ1n) is 5.53. The lowest BCUT2D eigenvalue weighted by Crippen LogP contribution is -2.27. The van der Waals surface area contributed by atoms with E-state index in [1.807, 2.05) is 30.2 Å². The summed E-state index contributed by atoms with van der Waals surface area (Å²) < 4.78 is 0. The third-order valence-corrected chi connectivity index (χ3v) is 2.86. The number of fused-ring (bicyclic) bond motifs is 1. The Morgan fingerprint density at radius 2 is 2.19 bits per heavy atom. The van der Waals surface area contributed by atoms with Gasteiger partial charge in [0.05, 0.1) is 5.52 Å². The van der Waals surface area contributed by atoms with Crippen LogP contribution in [0, 0.1) is 0 Å². The summed E-state index contributed by atoms with van der Waals surface area (Å²) in [6, 6.07) is 8.20. The van der Waals surface area contributed by atoms with Gasteiger partial charge in [0.2, 0.25) is 5.91 Å². The van der Waals surface area contributed by atoms with Crippen molar-refractivity contribution in [2.24, 2.45) is 0 Å². The van der Waals surface area contributed by atoms with Crippen molar-refractivity contribution in [3.05, 3.63) is 36.0 Å². The van der Waals surface area contributed by atoms with E-state index in [9.17, 15) is 4.79 Å². The molecule has 0 saturated carbocycles. The summed E-state index contributed by atoms with van der Waals surface area (Å²) in [5, 5.41) is 1.19. The summed E-state index contributed by atoms with van der Waals surface area (Å²) in [5.41, 5.74) is 2.29. The van der Waals surface area contributed by atoms with Crippen molar-refractivity contribution in [3.8, 4) is 0 Å². The van der Waals surface area contributed by atoms with Crippen molar-refractivity contribution in [2.75, 3.05) is 6.54 Å². The molecule has 3 nitrogen and oxygen atoms in total. The Hall–Kier alpha value is -1.77. The van der Waals surface area contributed by atoms with E-state index < -0.39 is 0 Å². The van der Waals surface area contributed by atoms with E-state index in [0.717, 1.165) is 12.1 Å². The quantitative estimate of drug-likeness (QED) is 0.840. The van der Waals surface area contributed by atoms with Crippen LogP contribution >= 0.6 is 0 Å². The average Bonchev–Trinajstić information content (AvgIpc) is 2.73. The molecule has 0 radical (unpaired) electrons. The first kappa shape index (κ1) is 10.7. The van der Waals surface area contributed by atoms with Gasteiger partial charge in [-0.1, -0.05) is 18.2 Å². The van der Waals surface area contributed by atoms with Crippen LogP contribution in [0.3, 0.4) is 0 Å². The minimum atomic E-state index is 0.117. The second-order valence-electron chi connectivity index (χ2n) is 3.89. The maximum atomic E-state index is 11.4. The highest BCUT2D eigenvalue weighted by atomic mass is 16.2. The molecule has 3 heteroatoms. The normalized spacial score (nSPS) is 10.6. The molecule has 2 aromatic rings. The zero-order valence-electron chi connectivity index (χ0n) is 9.66. The Kier molecular flexibility index (Phi) is 2.95. The first-order chi connectivity index (χ1) is 7.72. The van der Waals surface area contributed by atoms with E-state index in [1.165, 1.54) is 10.9 Å². The number of para-hydroxylation sites is 1. The summed E-state index contributed by atoms with van der Waals surface area (Å²) in [6.45, 7) is 5.02. The Balaban J connectivity index is 2.33. The Labute approximate surface area is 95.1 Å². The SMILES string of the molecule is CCN(Cc1cccc2cc[nH]c12)C(C)=O. The number of amides is 1. The van der Waals surface area contributed by atoms with Crippen molar-refractivity contribution in [3.63, 3.8) is 0 Å². The zero-order chi connectivity index (χ0) is 11.5. The molecule has 0 fully saturated rings. The molecule has 84 valence electrons. The van der Waals surface area contributed by atoms with Crippen molar-refractivity contribution in [2.45, 2.75) is 20.4 Å². The van der Waals surface area contributed by atoms with Crippen LogP contribution in [0.15, 0.2) is 30.5 Å². The van der Waals surface area contributed by atoms with Gasteiger partial charge in [0.1, 0.15) is 0 Å². The van der Waals surface area contributed by atoms with Gasteiger partial charge in [0.25, 0.3) is 0 Å². The van der Waals surface area contributed by atoms with Crippen LogP contribution in [-0.4, -0.2) is 22.3 Å². The number of aromatic amines is 1. The van der Waals surface area contributed by atoms with Crippen molar-refractivity contribution in [1.29, 1.82) is 0 Å². The fourth-order valence-electron chi connectivity index (χ4n) is 1.93. The molecule has 0 aliphatic heterocycles. The van der Waals surface area contributed by atoms with Crippen LogP contribution in [0.1, 0.15) is 19.4 Å². The van der Waals surface area contributed by atoms with Gasteiger partial charge in [-0.3, -0.25) is 4.79 Å². The minimum Gasteiger partial charge on any atom is -0.361 e. The standard InChI is InChI=1S/C13H16N2O/c1-3-15(10(2)16)9-12-6-4-5-11-7-8-14-13(11)12/h4-8,14H,3,9H2,1-2H3. The molecule has 0 aliphatic carbocycles. The summed E-state index contributed by atoms with van der Waals surface area (Å²) in [6.07, 6.45) is 1.93. The van der Waals surface area contributed by atoms with E-state index >= 15 is 0 Å². The first-order valence-corrected chi connectivity index (χ1v) is 5.53. The number of carbonyl (C=O) groups excluding carboxylic acids is 1. The van der Waals surface area contributed by atoms with Gasteiger partial charge >= 0.3 is 0 Å². The minimum absolute atomic E-state index is 0.117. The van der Waals surface area contributed by atoms with E-state index in [0.29, 0.717) is 6.54 Å². The molecule has 0 spiro atoms. The molecule has 1 heterocycles. The van der Waals surface area contributed by atoms with E-state index in [2.05, 4.69) is 17.1 Å². The van der Waals surface area contributed by atoms with Crippen molar-refractivity contribution in [1.82, 2.24) is 9.88 Å². The number of nitrogens with zero attached hydrogens (tertiary/aromatic N) is 1. The van der Waals surface area contributed by atoms with E-state index in [4.69, 9.17) is 0 Å². The second-order valence-corrected chi connectivity index (χ2v) is 3.89. The van der Waals surface area contributed by atoms with Crippen LogP contribution in [0.5, 0.6) is 0 Å². The maximum absolute atomic E-state index is 11.4. The number of hydrogen-bond acceptors (Lipinski definition) is 1. The summed E-state index contributed by atoms with van der Waals surface area (Å²) in [5.74, 6) is 0.117. The van der Waals surface area contributed by atoms with Crippen LogP contribution in [0.25, 0.3) is 10.9 Å². The molecule has 1 aromatic carbocycles. The fourth-order valence-corrected chi connectivity index (χ4v) is 1.93. The highest BCUT2D eigenvalue weighted by Crippen LogP contribution is 2.18. The molecule has 1 amide bonds. The van der Waals surface area contributed by atoms with Gasteiger partial charge in [-0.05, 0) is 23.9 Å². The van der Waals surface area contributed by atoms with Crippen LogP contribution in [0.2, 0.25) is 0 Å². The summed E-state index contributed by atoms with van der Waals surface area (Å²) >= 11 is 0. The molecule has 0 atom stereocenters. The molecule has 1 aromatic heterocycles. The average molecular weight is 216 g/mol. The Morgan fingerprint density at radius 1 is 1.38 bits per heavy atom. The smallest absolute Gasteiger partial charge is 0.219 e. The molecule has 0 saturated heterocycles.